The fourth-order valence-corrected chi connectivity index (χ4v) is 14.0. The van der Waals surface area contributed by atoms with Crippen LogP contribution in [0.3, 0.4) is 0 Å². The molecule has 1 heterocycles. The van der Waals surface area contributed by atoms with Crippen LogP contribution in [0, 0.1) is 41.5 Å². The maximum Gasteiger partial charge on any atom is 0.416 e. The van der Waals surface area contributed by atoms with Crippen molar-refractivity contribution in [3.8, 4) is 0 Å². The van der Waals surface area contributed by atoms with E-state index in [9.17, 15) is 57.9 Å². The molecule has 2 nitrogen and oxygen atoms in total. The van der Waals surface area contributed by atoms with Gasteiger partial charge in [-0.2, -0.15) is 63.6 Å². The molecule has 0 bridgehead atoms. The molecule has 1 aliphatic heterocycles. The zero-order chi connectivity index (χ0) is 39.1. The van der Waals surface area contributed by atoms with Gasteiger partial charge in [-0.05, 0) is 75.9 Å². The number of alkyl halides is 12. The van der Waals surface area contributed by atoms with Gasteiger partial charge in [0.1, 0.15) is 18.0 Å². The van der Waals surface area contributed by atoms with Crippen LogP contribution in [0.15, 0.2) is 60.7 Å². The van der Waals surface area contributed by atoms with E-state index in [4.69, 9.17) is 0 Å². The molecule has 0 aliphatic carbocycles. The van der Waals surface area contributed by atoms with Gasteiger partial charge < -0.3 is 5.21 Å². The van der Waals surface area contributed by atoms with Crippen molar-refractivity contribution >= 4 is 35.2 Å². The van der Waals surface area contributed by atoms with E-state index in [0.29, 0.717) is 37.6 Å². The largest absolute Gasteiger partial charge is 0.416 e. The molecule has 0 radical (unpaired) electrons. The van der Waals surface area contributed by atoms with Crippen LogP contribution in [0.1, 0.15) is 55.6 Å². The summed E-state index contributed by atoms with van der Waals surface area (Å²) in [5.74, 6) is 0. The molecule has 4 aromatic carbocycles. The highest BCUT2D eigenvalue weighted by molar-refractivity contribution is 7.90. The van der Waals surface area contributed by atoms with E-state index in [2.05, 4.69) is 0 Å². The van der Waals surface area contributed by atoms with Crippen molar-refractivity contribution in [2.45, 2.75) is 72.6 Å². The maximum atomic E-state index is 14.3. The molecule has 5 rings (SSSR count). The molecule has 4 aromatic rings. The van der Waals surface area contributed by atoms with Crippen molar-refractivity contribution in [1.82, 2.24) is 4.74 Å². The first kappa shape index (κ1) is 39.7. The Kier molecular flexibility index (Phi) is 9.76. The fraction of sp³-hybridized carbons (Fsp3) is 0.333. The summed E-state index contributed by atoms with van der Waals surface area (Å²) in [5.41, 5.74) is -5.36. The topological polar surface area (TPSA) is 23.5 Å². The minimum Gasteiger partial charge on any atom is -0.321 e. The summed E-state index contributed by atoms with van der Waals surface area (Å²) < 4.78 is 173. The van der Waals surface area contributed by atoms with Crippen LogP contribution < -0.4 is 21.5 Å². The van der Waals surface area contributed by atoms with E-state index in [1.54, 1.807) is 65.8 Å². The molecule has 52 heavy (non-hydrogen) atoms. The molecular formula is C36H33BF12NOP. The molecule has 0 saturated carbocycles. The third kappa shape index (κ3) is 6.73. The average Bonchev–Trinajstić information content (AvgIpc) is 3.27. The van der Waals surface area contributed by atoms with Gasteiger partial charge in [-0.3, -0.25) is 0 Å². The normalized spacial score (nSPS) is 16.8. The fourth-order valence-electron chi connectivity index (χ4n) is 8.28. The summed E-state index contributed by atoms with van der Waals surface area (Å²) in [6, 6.07) is 7.80. The first-order chi connectivity index (χ1) is 23.6. The lowest BCUT2D eigenvalue weighted by Gasteiger charge is -2.46. The Morgan fingerprint density at radius 2 is 0.750 bits per heavy atom. The molecular weight excluding hydrogens is 732 g/mol. The van der Waals surface area contributed by atoms with Crippen LogP contribution in [0.2, 0.25) is 6.32 Å². The Morgan fingerprint density at radius 3 is 1.00 bits per heavy atom. The summed E-state index contributed by atoms with van der Waals surface area (Å²) in [6.07, 6.45) is -26.3. The SMILES string of the molecule is Cc1cc(C)c([P+]2(c3c(C)cc(C)cc3C)CC[B-](c3cc(C(F)(F)F)cc(C(F)(F)F)c3)(c3cc(C(F)(F)F)cc(C(F)(F)F)c3)N2O)c(C)c1. The predicted octanol–water partition coefficient (Wildman–Crippen LogP) is 9.96. The van der Waals surface area contributed by atoms with Crippen LogP contribution in [-0.2, 0) is 24.7 Å². The quantitative estimate of drug-likeness (QED) is 0.127. The van der Waals surface area contributed by atoms with E-state index >= 15 is 0 Å². The summed E-state index contributed by atoms with van der Waals surface area (Å²) >= 11 is 0. The second-order valence-corrected chi connectivity index (χ2v) is 17.1. The van der Waals surface area contributed by atoms with E-state index in [0.717, 1.165) is 11.1 Å². The molecule has 0 amide bonds. The minimum atomic E-state index is -5.42. The van der Waals surface area contributed by atoms with Gasteiger partial charge in [0.2, 0.25) is 0 Å². The lowest BCUT2D eigenvalue weighted by molar-refractivity contribution is -0.144. The van der Waals surface area contributed by atoms with Crippen LogP contribution in [0.25, 0.3) is 0 Å². The summed E-state index contributed by atoms with van der Waals surface area (Å²) in [5, 5.41) is 13.9. The number of hydrogen-bond acceptors (Lipinski definition) is 2. The summed E-state index contributed by atoms with van der Waals surface area (Å²) in [7, 11) is -3.72. The van der Waals surface area contributed by atoms with Crippen molar-refractivity contribution < 1.29 is 57.9 Å². The highest BCUT2D eigenvalue weighted by atomic mass is 31.2. The van der Waals surface area contributed by atoms with E-state index in [-0.39, 0.29) is 42.6 Å². The van der Waals surface area contributed by atoms with Gasteiger partial charge in [0, 0.05) is 0 Å². The van der Waals surface area contributed by atoms with Crippen molar-refractivity contribution in [2.75, 3.05) is 6.16 Å². The van der Waals surface area contributed by atoms with E-state index in [1.807, 2.05) is 0 Å². The molecule has 1 aliphatic rings. The molecule has 16 heteroatoms. The summed E-state index contributed by atoms with van der Waals surface area (Å²) in [4.78, 5) is 0. The lowest BCUT2D eigenvalue weighted by Crippen LogP contribution is -2.67. The van der Waals surface area contributed by atoms with Crippen molar-refractivity contribution in [3.05, 3.63) is 116 Å². The lowest BCUT2D eigenvalue weighted by atomic mass is 9.26. The molecule has 280 valence electrons. The first-order valence-corrected chi connectivity index (χ1v) is 17.9. The van der Waals surface area contributed by atoms with Crippen LogP contribution in [-0.4, -0.2) is 22.4 Å². The van der Waals surface area contributed by atoms with Gasteiger partial charge in [0.15, 0.2) is 6.28 Å². The van der Waals surface area contributed by atoms with Gasteiger partial charge in [-0.25, -0.2) is 4.74 Å². The number of hydrogen-bond donors (Lipinski definition) is 1. The second-order valence-electron chi connectivity index (χ2n) is 13.8. The third-order valence-corrected chi connectivity index (χ3v) is 14.8. The zero-order valence-corrected chi connectivity index (χ0v) is 29.5. The highest BCUT2D eigenvalue weighted by Gasteiger charge is 2.63. The molecule has 0 unspecified atom stereocenters. The van der Waals surface area contributed by atoms with Gasteiger partial charge in [-0.1, -0.05) is 59.7 Å². The third-order valence-electron chi connectivity index (χ3n) is 9.95. The van der Waals surface area contributed by atoms with Crippen molar-refractivity contribution in [3.63, 3.8) is 0 Å². The molecule has 0 atom stereocenters. The maximum absolute atomic E-state index is 14.3. The Hall–Kier alpha value is -3.55. The van der Waals surface area contributed by atoms with E-state index in [1.165, 1.54) is 0 Å². The number of rotatable bonds is 4. The van der Waals surface area contributed by atoms with Gasteiger partial charge in [-0.15, -0.1) is 6.32 Å². The Balaban J connectivity index is 2.05. The van der Waals surface area contributed by atoms with E-state index < -0.39 is 77.9 Å². The number of benzene rings is 4. The number of aryl methyl sites for hydroxylation is 6. The molecule has 0 aromatic heterocycles. The molecule has 1 fully saturated rings. The van der Waals surface area contributed by atoms with Gasteiger partial charge in [0.05, 0.1) is 28.4 Å². The summed E-state index contributed by atoms with van der Waals surface area (Å²) in [6.45, 7) is 10.3. The first-order valence-electron chi connectivity index (χ1n) is 15.9. The van der Waals surface area contributed by atoms with Crippen LogP contribution in [0.4, 0.5) is 52.7 Å². The van der Waals surface area contributed by atoms with Crippen LogP contribution >= 0.6 is 7.41 Å². The predicted molar refractivity (Wildman–Crippen MR) is 179 cm³/mol. The molecule has 1 saturated heterocycles. The number of halogens is 12. The molecule has 1 N–H and O–H groups in total. The second kappa shape index (κ2) is 12.8. The van der Waals surface area contributed by atoms with Gasteiger partial charge in [0.25, 0.3) is 0 Å². The minimum absolute atomic E-state index is 0.178. The Morgan fingerprint density at radius 1 is 0.481 bits per heavy atom. The highest BCUT2D eigenvalue weighted by Crippen LogP contribution is 2.68. The smallest absolute Gasteiger partial charge is 0.321 e. The number of nitrogens with zero attached hydrogens (tertiary/aromatic N) is 1. The Labute approximate surface area is 292 Å². The van der Waals surface area contributed by atoms with Crippen molar-refractivity contribution in [2.24, 2.45) is 0 Å². The average molecular weight is 765 g/mol. The standard InChI is InChI=1S/C36H33BF12NOP/c1-19-9-21(3)31(22(4)10-19)52(32-23(5)11-20(2)12-24(32)6)8-7-37(50(52)51,29-15-25(33(38,39)40)13-26(16-29)34(41,42)43)30-17-27(35(44,45)46)14-28(18-30)36(47,48)49/h9-18,51H,7-8H2,1-6H3. The monoisotopic (exact) mass is 765 g/mol. The van der Waals surface area contributed by atoms with Crippen molar-refractivity contribution in [1.29, 1.82) is 0 Å². The van der Waals surface area contributed by atoms with Crippen LogP contribution in [0.5, 0.6) is 0 Å². The zero-order valence-electron chi connectivity index (χ0n) is 28.6. The Bertz CT molecular complexity index is 1810. The molecule has 0 spiro atoms. The van der Waals surface area contributed by atoms with Gasteiger partial charge >= 0.3 is 24.7 Å².